The molecule has 9 nitrogen and oxygen atoms in total. The summed E-state index contributed by atoms with van der Waals surface area (Å²) >= 11 is 1.75. The average Bonchev–Trinajstić information content (AvgIpc) is 3.32. The highest BCUT2D eigenvalue weighted by atomic mass is 32.2. The van der Waals surface area contributed by atoms with E-state index in [0.29, 0.717) is 43.7 Å². The first-order valence-corrected chi connectivity index (χ1v) is 14.5. The number of hydrogen-bond donors (Lipinski definition) is 4. The van der Waals surface area contributed by atoms with Crippen LogP contribution in [0.15, 0.2) is 0 Å². The van der Waals surface area contributed by atoms with Crippen molar-refractivity contribution < 1.29 is 19.1 Å². The van der Waals surface area contributed by atoms with Gasteiger partial charge in [0.15, 0.2) is 0 Å². The Morgan fingerprint density at radius 2 is 1.81 bits per heavy atom. The number of ether oxygens (including phenoxy) is 1. The highest BCUT2D eigenvalue weighted by Crippen LogP contribution is 2.42. The largest absolute Gasteiger partial charge is 0.450 e. The van der Waals surface area contributed by atoms with E-state index in [9.17, 15) is 14.4 Å². The summed E-state index contributed by atoms with van der Waals surface area (Å²) in [6, 6.07) is -1.30. The second kappa shape index (κ2) is 13.0. The molecule has 2 saturated carbocycles. The number of thioether (sulfide) groups is 1. The van der Waals surface area contributed by atoms with Crippen LogP contribution >= 0.6 is 11.8 Å². The SMILES string of the molecule is CCCOC(=O)N[C@@H](C(=O)N1CCC[C@H]1C(=O)NCC1CCC(C(=N)N)CC1)C(C)(C)SC1CCC1. The summed E-state index contributed by atoms with van der Waals surface area (Å²) in [5, 5.41) is 14.1. The summed E-state index contributed by atoms with van der Waals surface area (Å²) in [5.74, 6) is 0.467. The highest BCUT2D eigenvalue weighted by molar-refractivity contribution is 8.01. The minimum atomic E-state index is -0.775. The van der Waals surface area contributed by atoms with Gasteiger partial charge in [0.05, 0.1) is 12.4 Å². The van der Waals surface area contributed by atoms with Crippen molar-refractivity contribution >= 4 is 35.5 Å². The number of nitrogens with two attached hydrogens (primary N) is 1. The predicted octanol–water partition coefficient (Wildman–Crippen LogP) is 3.41. The lowest BCUT2D eigenvalue weighted by atomic mass is 9.81. The van der Waals surface area contributed by atoms with E-state index in [1.165, 1.54) is 6.42 Å². The van der Waals surface area contributed by atoms with E-state index in [0.717, 1.165) is 44.9 Å². The lowest BCUT2D eigenvalue weighted by molar-refractivity contribution is -0.140. The van der Waals surface area contributed by atoms with Crippen molar-refractivity contribution in [2.24, 2.45) is 17.6 Å². The number of carbonyl (C=O) groups excluding carboxylic acids is 3. The molecule has 2 atom stereocenters. The Bertz CT molecular complexity index is 795. The number of alkyl carbamates (subject to hydrolysis) is 1. The summed E-state index contributed by atoms with van der Waals surface area (Å²) < 4.78 is 4.71. The van der Waals surface area contributed by atoms with Gasteiger partial charge in [-0.05, 0) is 77.6 Å². The molecule has 3 aliphatic rings. The first kappa shape index (κ1) is 28.6. The molecule has 0 bridgehead atoms. The van der Waals surface area contributed by atoms with Gasteiger partial charge in [0.25, 0.3) is 0 Å². The Morgan fingerprint density at radius 1 is 1.11 bits per heavy atom. The molecule has 10 heteroatoms. The molecular weight excluding hydrogens is 478 g/mol. The monoisotopic (exact) mass is 523 g/mol. The standard InChI is InChI=1S/C26H45N5O4S/c1-4-15-35-25(34)30-21(26(2,3)36-19-7-5-8-19)24(33)31-14-6-9-20(31)23(32)29-16-17-10-12-18(13-11-17)22(27)28/h17-21H,4-16H2,1-3H3,(H3,27,28)(H,29,32)(H,30,34)/t17?,18?,20-,21-/m0/s1. The zero-order valence-corrected chi connectivity index (χ0v) is 23.0. The number of hydrogen-bond acceptors (Lipinski definition) is 6. The van der Waals surface area contributed by atoms with Gasteiger partial charge in [0.1, 0.15) is 12.1 Å². The Kier molecular flexibility index (Phi) is 10.3. The molecule has 2 aliphatic carbocycles. The van der Waals surface area contributed by atoms with Crippen LogP contribution in [0.2, 0.25) is 0 Å². The summed E-state index contributed by atoms with van der Waals surface area (Å²) in [7, 11) is 0. The Hall–Kier alpha value is -1.97. The van der Waals surface area contributed by atoms with Gasteiger partial charge < -0.3 is 26.0 Å². The zero-order chi connectivity index (χ0) is 26.3. The molecule has 5 N–H and O–H groups in total. The highest BCUT2D eigenvalue weighted by Gasteiger charge is 2.45. The molecular formula is C26H45N5O4S. The van der Waals surface area contributed by atoms with E-state index in [-0.39, 0.29) is 23.6 Å². The van der Waals surface area contributed by atoms with E-state index < -0.39 is 22.9 Å². The van der Waals surface area contributed by atoms with E-state index in [1.807, 2.05) is 20.8 Å². The molecule has 0 aromatic heterocycles. The number of nitrogens with zero attached hydrogens (tertiary/aromatic N) is 1. The van der Waals surface area contributed by atoms with Gasteiger partial charge in [0.2, 0.25) is 11.8 Å². The van der Waals surface area contributed by atoms with Crippen LogP contribution in [0.5, 0.6) is 0 Å². The van der Waals surface area contributed by atoms with Crippen LogP contribution in [0.3, 0.4) is 0 Å². The Balaban J connectivity index is 1.62. The maximum atomic E-state index is 13.8. The average molecular weight is 524 g/mol. The van der Waals surface area contributed by atoms with Crippen LogP contribution in [0.4, 0.5) is 4.79 Å². The molecule has 1 heterocycles. The van der Waals surface area contributed by atoms with Crippen LogP contribution in [0.1, 0.15) is 85.0 Å². The van der Waals surface area contributed by atoms with Gasteiger partial charge in [-0.2, -0.15) is 0 Å². The molecule has 36 heavy (non-hydrogen) atoms. The van der Waals surface area contributed by atoms with Crippen LogP contribution < -0.4 is 16.4 Å². The second-order valence-corrected chi connectivity index (χ2v) is 13.0. The van der Waals surface area contributed by atoms with E-state index in [4.69, 9.17) is 15.9 Å². The van der Waals surface area contributed by atoms with E-state index in [2.05, 4.69) is 10.6 Å². The van der Waals surface area contributed by atoms with Crippen molar-refractivity contribution in [3.05, 3.63) is 0 Å². The first-order chi connectivity index (χ1) is 17.1. The smallest absolute Gasteiger partial charge is 0.407 e. The number of rotatable bonds is 11. The molecule has 204 valence electrons. The van der Waals surface area contributed by atoms with Crippen molar-refractivity contribution in [3.63, 3.8) is 0 Å². The van der Waals surface area contributed by atoms with Crippen LogP contribution in [-0.4, -0.2) is 70.4 Å². The Morgan fingerprint density at radius 3 is 2.39 bits per heavy atom. The second-order valence-electron chi connectivity index (χ2n) is 11.1. The predicted molar refractivity (Wildman–Crippen MR) is 143 cm³/mol. The maximum absolute atomic E-state index is 13.8. The summed E-state index contributed by atoms with van der Waals surface area (Å²) in [6.45, 7) is 7.31. The van der Waals surface area contributed by atoms with Crippen molar-refractivity contribution in [2.75, 3.05) is 19.7 Å². The topological polar surface area (TPSA) is 138 Å². The quantitative estimate of drug-likeness (QED) is 0.242. The normalized spacial score (nSPS) is 25.5. The molecule has 0 aromatic rings. The minimum absolute atomic E-state index is 0.119. The maximum Gasteiger partial charge on any atom is 0.407 e. The first-order valence-electron chi connectivity index (χ1n) is 13.7. The fourth-order valence-corrected chi connectivity index (χ4v) is 7.11. The van der Waals surface area contributed by atoms with Crippen LogP contribution in [0, 0.1) is 17.2 Å². The van der Waals surface area contributed by atoms with Crippen LogP contribution in [0.25, 0.3) is 0 Å². The third-order valence-corrected chi connectivity index (χ3v) is 9.50. The number of carbonyl (C=O) groups is 3. The lowest BCUT2D eigenvalue weighted by Gasteiger charge is -2.40. The third kappa shape index (κ3) is 7.52. The van der Waals surface area contributed by atoms with Crippen molar-refractivity contribution in [3.8, 4) is 0 Å². The summed E-state index contributed by atoms with van der Waals surface area (Å²) in [5.41, 5.74) is 5.65. The van der Waals surface area contributed by atoms with Gasteiger partial charge in [-0.3, -0.25) is 15.0 Å². The van der Waals surface area contributed by atoms with Gasteiger partial charge in [-0.15, -0.1) is 11.8 Å². The zero-order valence-electron chi connectivity index (χ0n) is 22.1. The molecule has 1 aliphatic heterocycles. The molecule has 0 spiro atoms. The molecule has 0 aromatic carbocycles. The minimum Gasteiger partial charge on any atom is -0.450 e. The summed E-state index contributed by atoms with van der Waals surface area (Å²) in [4.78, 5) is 41.2. The fraction of sp³-hybridized carbons (Fsp3) is 0.846. The number of nitrogens with one attached hydrogen (secondary N) is 3. The molecule has 0 radical (unpaired) electrons. The molecule has 3 amide bonds. The summed E-state index contributed by atoms with van der Waals surface area (Å²) in [6.07, 6.45) is 8.61. The number of likely N-dealkylation sites (tertiary alicyclic amines) is 1. The Labute approximate surface area is 219 Å². The van der Waals surface area contributed by atoms with Gasteiger partial charge >= 0.3 is 6.09 Å². The number of amidine groups is 1. The fourth-order valence-electron chi connectivity index (χ4n) is 5.38. The van der Waals surface area contributed by atoms with E-state index in [1.54, 1.807) is 16.7 Å². The number of amides is 3. The molecule has 3 rings (SSSR count). The third-order valence-electron chi connectivity index (χ3n) is 7.85. The lowest BCUT2D eigenvalue weighted by Crippen LogP contribution is -2.60. The van der Waals surface area contributed by atoms with Gasteiger partial charge in [-0.1, -0.05) is 13.3 Å². The van der Waals surface area contributed by atoms with E-state index >= 15 is 0 Å². The van der Waals surface area contributed by atoms with Crippen LogP contribution in [-0.2, 0) is 14.3 Å². The van der Waals surface area contributed by atoms with Crippen molar-refractivity contribution in [2.45, 2.75) is 107 Å². The van der Waals surface area contributed by atoms with Gasteiger partial charge in [-0.25, -0.2) is 4.79 Å². The molecule has 0 unspecified atom stereocenters. The van der Waals surface area contributed by atoms with Gasteiger partial charge in [0, 0.05) is 29.0 Å². The van der Waals surface area contributed by atoms with Crippen molar-refractivity contribution in [1.82, 2.24) is 15.5 Å². The molecule has 1 saturated heterocycles. The molecule has 3 fully saturated rings. The van der Waals surface area contributed by atoms with Crippen molar-refractivity contribution in [1.29, 1.82) is 5.41 Å².